The van der Waals surface area contributed by atoms with Crippen molar-refractivity contribution < 1.29 is 0 Å². The summed E-state index contributed by atoms with van der Waals surface area (Å²) in [6, 6.07) is 13.4. The molecule has 2 aromatic rings. The molecule has 1 unspecified atom stereocenters. The van der Waals surface area contributed by atoms with Gasteiger partial charge >= 0.3 is 0 Å². The van der Waals surface area contributed by atoms with E-state index in [-0.39, 0.29) is 0 Å². The van der Waals surface area contributed by atoms with E-state index in [0.717, 1.165) is 49.9 Å². The van der Waals surface area contributed by atoms with Crippen molar-refractivity contribution in [2.75, 3.05) is 43.0 Å². The molecule has 0 aliphatic carbocycles. The van der Waals surface area contributed by atoms with Crippen LogP contribution in [-0.2, 0) is 6.54 Å². The molecule has 0 amide bonds. The Bertz CT molecular complexity index is 780. The number of aliphatic imine (C=N–C) groups is 1. The van der Waals surface area contributed by atoms with Gasteiger partial charge in [0, 0.05) is 57.7 Å². The standard InChI is InChI=1S/C23H34N6/c1-5-28(6-2)22-12-9-19(15-25-22)16-26-23(24-4)27-20-13-14-29(17-20)21-10-7-18(3)8-11-21/h7-12,15,20H,5-6,13-14,16-17H2,1-4H3,(H2,24,26,27). The van der Waals surface area contributed by atoms with Gasteiger partial charge in [-0.2, -0.15) is 0 Å². The summed E-state index contributed by atoms with van der Waals surface area (Å²) in [6.45, 7) is 11.1. The predicted molar refractivity (Wildman–Crippen MR) is 123 cm³/mol. The quantitative estimate of drug-likeness (QED) is 0.558. The zero-order valence-corrected chi connectivity index (χ0v) is 18.2. The molecular weight excluding hydrogens is 360 g/mol. The summed E-state index contributed by atoms with van der Waals surface area (Å²) in [6.07, 6.45) is 3.05. The van der Waals surface area contributed by atoms with Crippen LogP contribution in [0.4, 0.5) is 11.5 Å². The molecule has 0 spiro atoms. The Kier molecular flexibility index (Phi) is 7.33. The number of aryl methyl sites for hydroxylation is 1. The first-order valence-electron chi connectivity index (χ1n) is 10.6. The van der Waals surface area contributed by atoms with Crippen LogP contribution in [0.1, 0.15) is 31.4 Å². The lowest BCUT2D eigenvalue weighted by molar-refractivity contribution is 0.648. The molecule has 29 heavy (non-hydrogen) atoms. The molecule has 3 rings (SSSR count). The molecule has 1 fully saturated rings. The Labute approximate surface area is 175 Å². The first-order chi connectivity index (χ1) is 14.1. The van der Waals surface area contributed by atoms with Crippen LogP contribution in [0.2, 0.25) is 0 Å². The summed E-state index contributed by atoms with van der Waals surface area (Å²) in [4.78, 5) is 13.7. The number of aromatic nitrogens is 1. The molecule has 2 heterocycles. The van der Waals surface area contributed by atoms with E-state index in [2.05, 4.69) is 87.6 Å². The van der Waals surface area contributed by atoms with E-state index in [0.29, 0.717) is 12.6 Å². The second-order valence-electron chi connectivity index (χ2n) is 7.53. The average molecular weight is 395 g/mol. The predicted octanol–water partition coefficient (Wildman–Crippen LogP) is 3.18. The maximum absolute atomic E-state index is 4.60. The first-order valence-corrected chi connectivity index (χ1v) is 10.6. The van der Waals surface area contributed by atoms with Gasteiger partial charge in [0.15, 0.2) is 5.96 Å². The lowest BCUT2D eigenvalue weighted by Gasteiger charge is -2.21. The van der Waals surface area contributed by atoms with Crippen molar-refractivity contribution in [3.63, 3.8) is 0 Å². The maximum atomic E-state index is 4.60. The van der Waals surface area contributed by atoms with Gasteiger partial charge in [-0.15, -0.1) is 0 Å². The summed E-state index contributed by atoms with van der Waals surface area (Å²) in [7, 11) is 1.82. The van der Waals surface area contributed by atoms with E-state index in [9.17, 15) is 0 Å². The van der Waals surface area contributed by atoms with Gasteiger partial charge in [0.2, 0.25) is 0 Å². The van der Waals surface area contributed by atoms with Crippen LogP contribution >= 0.6 is 0 Å². The van der Waals surface area contributed by atoms with Gasteiger partial charge in [0.25, 0.3) is 0 Å². The largest absolute Gasteiger partial charge is 0.369 e. The van der Waals surface area contributed by atoms with Gasteiger partial charge in [-0.1, -0.05) is 23.8 Å². The Balaban J connectivity index is 1.49. The van der Waals surface area contributed by atoms with Gasteiger partial charge in [-0.25, -0.2) is 4.98 Å². The van der Waals surface area contributed by atoms with E-state index < -0.39 is 0 Å². The third-order valence-electron chi connectivity index (χ3n) is 5.51. The minimum absolute atomic E-state index is 0.394. The molecule has 1 atom stereocenters. The highest BCUT2D eigenvalue weighted by Gasteiger charge is 2.23. The number of hydrogen-bond acceptors (Lipinski definition) is 4. The molecule has 1 saturated heterocycles. The molecule has 2 N–H and O–H groups in total. The van der Waals surface area contributed by atoms with Crippen molar-refractivity contribution in [3.05, 3.63) is 53.7 Å². The molecule has 0 saturated carbocycles. The van der Waals surface area contributed by atoms with E-state index >= 15 is 0 Å². The number of nitrogens with zero attached hydrogens (tertiary/aromatic N) is 4. The minimum atomic E-state index is 0.394. The molecule has 6 nitrogen and oxygen atoms in total. The van der Waals surface area contributed by atoms with Crippen LogP contribution in [0.25, 0.3) is 0 Å². The van der Waals surface area contributed by atoms with Crippen molar-refractivity contribution in [1.29, 1.82) is 0 Å². The van der Waals surface area contributed by atoms with Crippen LogP contribution in [0.5, 0.6) is 0 Å². The van der Waals surface area contributed by atoms with Gasteiger partial charge < -0.3 is 20.4 Å². The number of nitrogens with one attached hydrogen (secondary N) is 2. The molecule has 1 aromatic carbocycles. The number of hydrogen-bond donors (Lipinski definition) is 2. The Hall–Kier alpha value is -2.76. The van der Waals surface area contributed by atoms with Crippen molar-refractivity contribution >= 4 is 17.5 Å². The van der Waals surface area contributed by atoms with Gasteiger partial charge in [0.1, 0.15) is 5.82 Å². The lowest BCUT2D eigenvalue weighted by atomic mass is 10.2. The van der Waals surface area contributed by atoms with Crippen LogP contribution in [0, 0.1) is 6.92 Å². The zero-order chi connectivity index (χ0) is 20.6. The average Bonchev–Trinajstić information content (AvgIpc) is 3.22. The fraction of sp³-hybridized carbons (Fsp3) is 0.478. The highest BCUT2D eigenvalue weighted by molar-refractivity contribution is 5.80. The second kappa shape index (κ2) is 10.1. The molecule has 1 aliphatic heterocycles. The summed E-state index contributed by atoms with van der Waals surface area (Å²) in [5.41, 5.74) is 3.74. The van der Waals surface area contributed by atoms with Crippen molar-refractivity contribution in [1.82, 2.24) is 15.6 Å². The Morgan fingerprint density at radius 1 is 1.17 bits per heavy atom. The summed E-state index contributed by atoms with van der Waals surface area (Å²) in [5, 5.41) is 6.98. The fourth-order valence-corrected chi connectivity index (χ4v) is 3.70. The number of guanidine groups is 1. The van der Waals surface area contributed by atoms with Crippen molar-refractivity contribution in [2.45, 2.75) is 39.8 Å². The minimum Gasteiger partial charge on any atom is -0.369 e. The van der Waals surface area contributed by atoms with E-state index in [1.54, 1.807) is 0 Å². The molecular formula is C23H34N6. The molecule has 0 bridgehead atoms. The zero-order valence-electron chi connectivity index (χ0n) is 18.2. The fourth-order valence-electron chi connectivity index (χ4n) is 3.70. The monoisotopic (exact) mass is 394 g/mol. The third kappa shape index (κ3) is 5.62. The summed E-state index contributed by atoms with van der Waals surface area (Å²) in [5.74, 6) is 1.87. The van der Waals surface area contributed by atoms with Crippen LogP contribution < -0.4 is 20.4 Å². The molecule has 1 aromatic heterocycles. The highest BCUT2D eigenvalue weighted by atomic mass is 15.2. The number of benzene rings is 1. The number of anilines is 2. The van der Waals surface area contributed by atoms with Crippen LogP contribution in [-0.4, -0.2) is 50.2 Å². The second-order valence-corrected chi connectivity index (χ2v) is 7.53. The molecule has 6 heteroatoms. The Morgan fingerprint density at radius 3 is 2.55 bits per heavy atom. The smallest absolute Gasteiger partial charge is 0.191 e. The molecule has 0 radical (unpaired) electrons. The van der Waals surface area contributed by atoms with E-state index in [1.807, 2.05) is 13.2 Å². The molecule has 156 valence electrons. The van der Waals surface area contributed by atoms with Crippen molar-refractivity contribution in [2.24, 2.45) is 4.99 Å². The topological polar surface area (TPSA) is 55.8 Å². The summed E-state index contributed by atoms with van der Waals surface area (Å²) < 4.78 is 0. The highest BCUT2D eigenvalue weighted by Crippen LogP contribution is 2.20. The van der Waals surface area contributed by atoms with Crippen LogP contribution in [0.15, 0.2) is 47.6 Å². The molecule has 1 aliphatic rings. The van der Waals surface area contributed by atoms with E-state index in [4.69, 9.17) is 0 Å². The third-order valence-corrected chi connectivity index (χ3v) is 5.51. The van der Waals surface area contributed by atoms with Crippen LogP contribution in [0.3, 0.4) is 0 Å². The van der Waals surface area contributed by atoms with Crippen molar-refractivity contribution in [3.8, 4) is 0 Å². The van der Waals surface area contributed by atoms with E-state index in [1.165, 1.54) is 11.3 Å². The maximum Gasteiger partial charge on any atom is 0.191 e. The summed E-state index contributed by atoms with van der Waals surface area (Å²) >= 11 is 0. The number of pyridine rings is 1. The Morgan fingerprint density at radius 2 is 1.93 bits per heavy atom. The normalized spacial score (nSPS) is 16.8. The SMILES string of the molecule is CCN(CC)c1ccc(CNC(=NC)NC2CCN(c3ccc(C)cc3)C2)cn1. The van der Waals surface area contributed by atoms with Gasteiger partial charge in [-0.3, -0.25) is 4.99 Å². The lowest BCUT2D eigenvalue weighted by Crippen LogP contribution is -2.44. The first kappa shape index (κ1) is 21.0. The number of rotatable bonds is 7. The van der Waals surface area contributed by atoms with Gasteiger partial charge in [-0.05, 0) is 51.0 Å². The van der Waals surface area contributed by atoms with Gasteiger partial charge in [0.05, 0.1) is 0 Å².